The second kappa shape index (κ2) is 7.96. The van der Waals surface area contributed by atoms with Crippen molar-refractivity contribution in [2.45, 2.75) is 37.8 Å². The molecule has 0 spiro atoms. The molecule has 0 radical (unpaired) electrons. The maximum absolute atomic E-state index is 14.5. The molecule has 31 heavy (non-hydrogen) atoms. The highest BCUT2D eigenvalue weighted by atomic mass is 19.1. The molecule has 2 aliphatic rings. The molecule has 3 aromatic rings. The van der Waals surface area contributed by atoms with E-state index in [9.17, 15) is 14.0 Å². The Labute approximate surface area is 180 Å². The van der Waals surface area contributed by atoms with E-state index in [1.807, 2.05) is 23.2 Å². The smallest absolute Gasteiger partial charge is 0.250 e. The highest BCUT2D eigenvalue weighted by molar-refractivity contribution is 5.85. The third kappa shape index (κ3) is 3.78. The van der Waals surface area contributed by atoms with Gasteiger partial charge in [-0.25, -0.2) is 4.39 Å². The van der Waals surface area contributed by atoms with Gasteiger partial charge in [-0.1, -0.05) is 6.07 Å². The lowest BCUT2D eigenvalue weighted by Crippen LogP contribution is -2.47. The van der Waals surface area contributed by atoms with Crippen molar-refractivity contribution in [2.24, 2.45) is 13.0 Å². The average molecular weight is 423 g/mol. The number of benzene rings is 1. The molecular weight excluding hydrogens is 395 g/mol. The minimum Gasteiger partial charge on any atom is -0.361 e. The Morgan fingerprint density at radius 2 is 2.10 bits per heavy atom. The standard InChI is InChI=1S/C24H27FN4O2/c1-28-10-8-15(11-22(28)30)18-7-9-26-13-19(18)24(31)29(17-5-6-17)14-16-12-27-21-4-2-3-20(25)23(16)21/h2-4,8,10-12,17-19,26-27H,5-7,9,13-14H2,1H3/t18-,19+/m0/s1. The Bertz CT molecular complexity index is 1180. The normalized spacial score (nSPS) is 21.4. The lowest BCUT2D eigenvalue weighted by Gasteiger charge is -2.35. The van der Waals surface area contributed by atoms with Crippen LogP contribution in [0.2, 0.25) is 0 Å². The fourth-order valence-corrected chi connectivity index (χ4v) is 4.81. The van der Waals surface area contributed by atoms with E-state index in [1.165, 1.54) is 6.07 Å². The Morgan fingerprint density at radius 3 is 2.87 bits per heavy atom. The molecule has 0 bridgehead atoms. The van der Waals surface area contributed by atoms with Crippen LogP contribution in [0.4, 0.5) is 4.39 Å². The molecule has 0 unspecified atom stereocenters. The zero-order valence-electron chi connectivity index (χ0n) is 17.6. The van der Waals surface area contributed by atoms with E-state index >= 15 is 0 Å². The second-order valence-electron chi connectivity index (χ2n) is 8.79. The first kappa shape index (κ1) is 20.0. The number of carbonyl (C=O) groups is 1. The highest BCUT2D eigenvalue weighted by Crippen LogP contribution is 2.36. The van der Waals surface area contributed by atoms with Gasteiger partial charge in [-0.2, -0.15) is 0 Å². The minimum absolute atomic E-state index is 0.00334. The van der Waals surface area contributed by atoms with Crippen molar-refractivity contribution in [1.82, 2.24) is 19.8 Å². The summed E-state index contributed by atoms with van der Waals surface area (Å²) in [4.78, 5) is 31.0. The molecule has 2 atom stereocenters. The number of carbonyl (C=O) groups excluding carboxylic acids is 1. The second-order valence-corrected chi connectivity index (χ2v) is 8.79. The molecule has 1 saturated heterocycles. The van der Waals surface area contributed by atoms with Crippen LogP contribution in [-0.2, 0) is 18.4 Å². The maximum Gasteiger partial charge on any atom is 0.250 e. The largest absolute Gasteiger partial charge is 0.361 e. The number of nitrogens with one attached hydrogen (secondary N) is 2. The van der Waals surface area contributed by atoms with Gasteiger partial charge in [-0.3, -0.25) is 9.59 Å². The van der Waals surface area contributed by atoms with Crippen LogP contribution in [0, 0.1) is 11.7 Å². The van der Waals surface area contributed by atoms with E-state index < -0.39 is 0 Å². The number of rotatable bonds is 5. The van der Waals surface area contributed by atoms with Crippen LogP contribution in [0.15, 0.2) is 47.5 Å². The first-order valence-electron chi connectivity index (χ1n) is 10.9. The number of halogens is 1. The fourth-order valence-electron chi connectivity index (χ4n) is 4.81. The van der Waals surface area contributed by atoms with Crippen molar-refractivity contribution >= 4 is 16.8 Å². The van der Waals surface area contributed by atoms with Crippen LogP contribution in [0.25, 0.3) is 10.9 Å². The van der Waals surface area contributed by atoms with Gasteiger partial charge in [0.05, 0.1) is 5.92 Å². The summed E-state index contributed by atoms with van der Waals surface area (Å²) in [5.74, 6) is -0.416. The Kier molecular flexibility index (Phi) is 5.14. The van der Waals surface area contributed by atoms with Gasteiger partial charge in [0.15, 0.2) is 0 Å². The molecule has 2 aromatic heterocycles. The summed E-state index contributed by atoms with van der Waals surface area (Å²) in [6.45, 7) is 1.80. The van der Waals surface area contributed by atoms with Gasteiger partial charge in [-0.05, 0) is 61.1 Å². The Hall–Kier alpha value is -2.93. The van der Waals surface area contributed by atoms with E-state index in [-0.39, 0.29) is 35.2 Å². The van der Waals surface area contributed by atoms with Gasteiger partial charge in [0.1, 0.15) is 5.82 Å². The predicted molar refractivity (Wildman–Crippen MR) is 117 cm³/mol. The number of pyridine rings is 1. The summed E-state index contributed by atoms with van der Waals surface area (Å²) in [5, 5.41) is 3.92. The summed E-state index contributed by atoms with van der Waals surface area (Å²) in [6, 6.07) is 8.81. The average Bonchev–Trinajstić information content (AvgIpc) is 3.53. The van der Waals surface area contributed by atoms with Crippen LogP contribution in [0.3, 0.4) is 0 Å². The van der Waals surface area contributed by atoms with Gasteiger partial charge in [-0.15, -0.1) is 0 Å². The third-order valence-electron chi connectivity index (χ3n) is 6.70. The molecule has 1 aliphatic carbocycles. The molecule has 1 saturated carbocycles. The van der Waals surface area contributed by atoms with Gasteiger partial charge >= 0.3 is 0 Å². The fraction of sp³-hybridized carbons (Fsp3) is 0.417. The number of H-pyrrole nitrogens is 1. The topological polar surface area (TPSA) is 70.1 Å². The summed E-state index contributed by atoms with van der Waals surface area (Å²) in [5.41, 5.74) is 2.42. The van der Waals surface area contributed by atoms with Crippen molar-refractivity contribution in [2.75, 3.05) is 13.1 Å². The van der Waals surface area contributed by atoms with E-state index in [4.69, 9.17) is 0 Å². The Balaban J connectivity index is 1.45. The lowest BCUT2D eigenvalue weighted by atomic mass is 9.80. The molecule has 6 nitrogen and oxygen atoms in total. The zero-order chi connectivity index (χ0) is 21.5. The molecule has 1 amide bonds. The number of hydrogen-bond acceptors (Lipinski definition) is 3. The molecule has 3 heterocycles. The molecule has 1 aliphatic heterocycles. The number of amides is 1. The van der Waals surface area contributed by atoms with Gasteiger partial charge in [0, 0.05) is 55.5 Å². The van der Waals surface area contributed by atoms with Crippen LogP contribution < -0.4 is 10.9 Å². The summed E-state index contributed by atoms with van der Waals surface area (Å²) in [6.07, 6.45) is 6.35. The first-order valence-corrected chi connectivity index (χ1v) is 10.9. The Morgan fingerprint density at radius 1 is 1.26 bits per heavy atom. The van der Waals surface area contributed by atoms with E-state index in [2.05, 4.69) is 10.3 Å². The maximum atomic E-state index is 14.5. The minimum atomic E-state index is -0.269. The molecule has 5 rings (SSSR count). The summed E-state index contributed by atoms with van der Waals surface area (Å²) in [7, 11) is 1.73. The number of aromatic nitrogens is 2. The van der Waals surface area contributed by atoms with Crippen molar-refractivity contribution in [1.29, 1.82) is 0 Å². The van der Waals surface area contributed by atoms with Crippen LogP contribution in [0.5, 0.6) is 0 Å². The third-order valence-corrected chi connectivity index (χ3v) is 6.70. The predicted octanol–water partition coefficient (Wildman–Crippen LogP) is 2.89. The number of hydrogen-bond donors (Lipinski definition) is 2. The molecular formula is C24H27FN4O2. The zero-order valence-corrected chi connectivity index (χ0v) is 17.6. The van der Waals surface area contributed by atoms with Crippen molar-refractivity contribution in [3.8, 4) is 0 Å². The first-order chi connectivity index (χ1) is 15.0. The van der Waals surface area contributed by atoms with E-state index in [1.54, 1.807) is 29.9 Å². The number of aryl methyl sites for hydroxylation is 1. The van der Waals surface area contributed by atoms with Gasteiger partial charge in [0.25, 0.3) is 5.56 Å². The molecule has 7 heteroatoms. The molecule has 2 N–H and O–H groups in total. The van der Waals surface area contributed by atoms with Crippen molar-refractivity contribution in [3.63, 3.8) is 0 Å². The summed E-state index contributed by atoms with van der Waals surface area (Å²) < 4.78 is 16.0. The number of nitrogens with zero attached hydrogens (tertiary/aromatic N) is 2. The van der Waals surface area contributed by atoms with Crippen molar-refractivity contribution in [3.05, 3.63) is 70.0 Å². The van der Waals surface area contributed by atoms with Crippen LogP contribution >= 0.6 is 0 Å². The number of fused-ring (bicyclic) bond motifs is 1. The number of aromatic amines is 1. The monoisotopic (exact) mass is 422 g/mol. The van der Waals surface area contributed by atoms with Crippen LogP contribution in [0.1, 0.15) is 36.3 Å². The SMILES string of the molecule is Cn1ccc([C@@H]2CCNC[C@H]2C(=O)N(Cc2c[nH]c3cccc(F)c23)C2CC2)cc1=O. The van der Waals surface area contributed by atoms with E-state index in [0.717, 1.165) is 42.5 Å². The number of piperidine rings is 1. The molecule has 1 aromatic carbocycles. The van der Waals surface area contributed by atoms with Crippen LogP contribution in [-0.4, -0.2) is 39.5 Å². The van der Waals surface area contributed by atoms with Gasteiger partial charge in [0.2, 0.25) is 5.91 Å². The highest BCUT2D eigenvalue weighted by Gasteiger charge is 2.40. The van der Waals surface area contributed by atoms with Crippen molar-refractivity contribution < 1.29 is 9.18 Å². The molecule has 2 fully saturated rings. The van der Waals surface area contributed by atoms with E-state index in [0.29, 0.717) is 18.5 Å². The lowest BCUT2D eigenvalue weighted by molar-refractivity contribution is -0.138. The summed E-state index contributed by atoms with van der Waals surface area (Å²) >= 11 is 0. The van der Waals surface area contributed by atoms with Gasteiger partial charge < -0.3 is 19.8 Å². The quantitative estimate of drug-likeness (QED) is 0.664. The molecule has 162 valence electrons.